The smallest absolute Gasteiger partial charge is 0.246 e. The van der Waals surface area contributed by atoms with Gasteiger partial charge in [-0.05, 0) is 57.4 Å². The molecule has 0 aliphatic carbocycles. The van der Waals surface area contributed by atoms with E-state index in [0.29, 0.717) is 11.1 Å². The number of nitrogens with one attached hydrogen (secondary N) is 1. The molecule has 170 valence electrons. The Balaban J connectivity index is 0.000000174. The van der Waals surface area contributed by atoms with Crippen LogP contribution in [0.25, 0.3) is 27.3 Å². The zero-order valence-electron chi connectivity index (χ0n) is 19.6. The summed E-state index contributed by atoms with van der Waals surface area (Å²) >= 11 is 0. The minimum Gasteiger partial charge on any atom is -0.744 e. The van der Waals surface area contributed by atoms with Crippen molar-refractivity contribution in [2.24, 2.45) is 0 Å². The third-order valence-electron chi connectivity index (χ3n) is 5.94. The van der Waals surface area contributed by atoms with E-state index in [1.54, 1.807) is 26.0 Å². The van der Waals surface area contributed by atoms with Crippen LogP contribution >= 0.6 is 0 Å². The van der Waals surface area contributed by atoms with E-state index in [0.717, 1.165) is 16.6 Å². The first kappa shape index (κ1) is 22.9. The average Bonchev–Trinajstić information content (AvgIpc) is 3.06. The molecule has 0 amide bonds. The van der Waals surface area contributed by atoms with Crippen molar-refractivity contribution in [1.29, 1.82) is 0 Å². The average molecular weight is 462 g/mol. The molecule has 0 fully saturated rings. The lowest BCUT2D eigenvalue weighted by Crippen LogP contribution is -2.31. The van der Waals surface area contributed by atoms with Crippen LogP contribution in [0.3, 0.4) is 0 Å². The van der Waals surface area contributed by atoms with E-state index in [1.807, 2.05) is 13.0 Å². The lowest BCUT2D eigenvalue weighted by Gasteiger charge is -2.14. The molecule has 5 aromatic rings. The van der Waals surface area contributed by atoms with Gasteiger partial charge in [-0.15, -0.1) is 0 Å². The highest BCUT2D eigenvalue weighted by Crippen LogP contribution is 2.28. The summed E-state index contributed by atoms with van der Waals surface area (Å²) in [4.78, 5) is 4.67. The van der Waals surface area contributed by atoms with Crippen LogP contribution in [-0.2, 0) is 10.1 Å². The summed E-state index contributed by atoms with van der Waals surface area (Å²) in [5.41, 5.74) is 8.95. The van der Waals surface area contributed by atoms with E-state index in [1.165, 1.54) is 33.2 Å². The summed E-state index contributed by atoms with van der Waals surface area (Å²) in [6.45, 7) is 11.5. The van der Waals surface area contributed by atoms with Crippen molar-refractivity contribution in [1.82, 2.24) is 10.1 Å². The Morgan fingerprint density at radius 3 is 2.12 bits per heavy atom. The van der Waals surface area contributed by atoms with Crippen LogP contribution in [0.4, 0.5) is 0 Å². The van der Waals surface area contributed by atoms with Gasteiger partial charge in [0, 0.05) is 24.4 Å². The number of hydrogen-bond acceptors (Lipinski definition) is 4. The molecular weight excluding hydrogens is 434 g/mol. The second-order valence-corrected chi connectivity index (χ2v) is 9.96. The number of benzene rings is 2. The monoisotopic (exact) mass is 461 g/mol. The van der Waals surface area contributed by atoms with E-state index < -0.39 is 10.1 Å². The summed E-state index contributed by atoms with van der Waals surface area (Å²) in [5, 5.41) is 5.91. The van der Waals surface area contributed by atoms with Crippen LogP contribution in [0.15, 0.2) is 53.4 Å². The number of aryl methyl sites for hydroxylation is 6. The van der Waals surface area contributed by atoms with Crippen molar-refractivity contribution < 1.29 is 17.5 Å². The molecule has 0 spiro atoms. The summed E-state index contributed by atoms with van der Waals surface area (Å²) in [5.74, 6) is 0. The van der Waals surface area contributed by atoms with Gasteiger partial charge in [-0.25, -0.2) is 13.4 Å². The minimum absolute atomic E-state index is 0.0851. The van der Waals surface area contributed by atoms with Crippen molar-refractivity contribution in [2.75, 3.05) is 0 Å². The van der Waals surface area contributed by atoms with E-state index in [-0.39, 0.29) is 4.90 Å². The fourth-order valence-corrected chi connectivity index (χ4v) is 5.37. The van der Waals surface area contributed by atoms with Gasteiger partial charge in [0.05, 0.1) is 27.0 Å². The number of aromatic amines is 1. The quantitative estimate of drug-likeness (QED) is 0.284. The number of para-hydroxylation sites is 1. The van der Waals surface area contributed by atoms with Gasteiger partial charge in [0.15, 0.2) is 0 Å². The molecule has 0 atom stereocenters. The third-order valence-corrected chi connectivity index (χ3v) is 7.09. The molecule has 3 heterocycles. The maximum Gasteiger partial charge on any atom is 0.246 e. The van der Waals surface area contributed by atoms with Crippen LogP contribution in [0, 0.1) is 41.5 Å². The molecule has 3 aromatic heterocycles. The molecule has 7 heteroatoms. The fraction of sp³-hybridized carbons (Fsp3) is 0.231. The second kappa shape index (κ2) is 8.24. The largest absolute Gasteiger partial charge is 0.744 e. The van der Waals surface area contributed by atoms with Crippen LogP contribution < -0.4 is 4.52 Å². The molecule has 6 nitrogen and oxygen atoms in total. The molecule has 0 radical (unpaired) electrons. The molecule has 0 unspecified atom stereocenters. The summed E-state index contributed by atoms with van der Waals surface area (Å²) in [6, 6.07) is 16.1. The Morgan fingerprint density at radius 2 is 1.48 bits per heavy atom. The highest BCUT2D eigenvalue weighted by atomic mass is 32.2. The molecule has 0 aliphatic heterocycles. The molecule has 0 saturated heterocycles. The summed E-state index contributed by atoms with van der Waals surface area (Å²) < 4.78 is 34.6. The van der Waals surface area contributed by atoms with Gasteiger partial charge in [0.2, 0.25) is 11.2 Å². The van der Waals surface area contributed by atoms with E-state index in [2.05, 4.69) is 60.7 Å². The normalized spacial score (nSPS) is 11.7. The van der Waals surface area contributed by atoms with Crippen LogP contribution in [0.2, 0.25) is 0 Å². The van der Waals surface area contributed by atoms with Gasteiger partial charge in [-0.2, -0.15) is 5.10 Å². The lowest BCUT2D eigenvalue weighted by atomic mass is 10.1. The van der Waals surface area contributed by atoms with Crippen LogP contribution in [-0.4, -0.2) is 23.1 Å². The Kier molecular flexibility index (Phi) is 5.72. The van der Waals surface area contributed by atoms with Gasteiger partial charge in [0.1, 0.15) is 10.1 Å². The van der Waals surface area contributed by atoms with Gasteiger partial charge >= 0.3 is 0 Å². The first-order chi connectivity index (χ1) is 15.5. The molecule has 0 aliphatic rings. The SMILES string of the molecule is Cc1cc(C)c(S(=O)(=O)[O-])c(C)c1.Cc1cc2c3c(cc(C)[n+]2[nH]c1C)nc1ccccc13. The molecule has 0 bridgehead atoms. The number of hydrogen-bond donors (Lipinski definition) is 1. The Bertz CT molecular complexity index is 1630. The maximum atomic E-state index is 10.8. The number of rotatable bonds is 1. The zero-order chi connectivity index (χ0) is 24.1. The van der Waals surface area contributed by atoms with Crippen molar-refractivity contribution in [3.63, 3.8) is 0 Å². The van der Waals surface area contributed by atoms with E-state index >= 15 is 0 Å². The number of nitrogens with zero attached hydrogens (tertiary/aromatic N) is 2. The highest BCUT2D eigenvalue weighted by Gasteiger charge is 2.18. The molecule has 5 rings (SSSR count). The van der Waals surface area contributed by atoms with Crippen molar-refractivity contribution in [3.8, 4) is 0 Å². The molecule has 2 aromatic carbocycles. The van der Waals surface area contributed by atoms with Gasteiger partial charge in [0.25, 0.3) is 0 Å². The second-order valence-electron chi connectivity index (χ2n) is 8.64. The fourth-order valence-electron chi connectivity index (χ4n) is 4.46. The van der Waals surface area contributed by atoms with Crippen molar-refractivity contribution in [2.45, 2.75) is 46.4 Å². The van der Waals surface area contributed by atoms with Gasteiger partial charge in [-0.1, -0.05) is 40.4 Å². The van der Waals surface area contributed by atoms with Crippen LogP contribution in [0.5, 0.6) is 0 Å². The van der Waals surface area contributed by atoms with Crippen molar-refractivity contribution in [3.05, 3.63) is 82.2 Å². The topological polar surface area (TPSA) is 90.0 Å². The van der Waals surface area contributed by atoms with Crippen molar-refractivity contribution >= 4 is 37.4 Å². The first-order valence-electron chi connectivity index (χ1n) is 10.7. The maximum absolute atomic E-state index is 10.8. The zero-order valence-corrected chi connectivity index (χ0v) is 20.5. The van der Waals surface area contributed by atoms with E-state index in [9.17, 15) is 13.0 Å². The van der Waals surface area contributed by atoms with E-state index in [4.69, 9.17) is 4.98 Å². The Morgan fingerprint density at radius 1 is 0.848 bits per heavy atom. The number of pyridine rings is 1. The standard InChI is InChI=1S/C17H15N3.C9H12O3S/c1-10-8-16-17-13-6-4-5-7-14(13)18-15(17)9-11(2)20(16)19-12(10)3;1-6-4-7(2)9(8(3)5-6)13(10,11)12/h4-9H,1-3H3;4-5H,1-3H3,(H,10,11,12). The molecule has 1 N–H and O–H groups in total. The molecular formula is C26H27N3O3S. The number of fused-ring (bicyclic) bond motifs is 5. The summed E-state index contributed by atoms with van der Waals surface area (Å²) in [6.07, 6.45) is 0. The Hall–Kier alpha value is -3.29. The summed E-state index contributed by atoms with van der Waals surface area (Å²) in [7, 11) is -4.33. The Labute approximate surface area is 193 Å². The lowest BCUT2D eigenvalue weighted by molar-refractivity contribution is -0.587. The predicted molar refractivity (Wildman–Crippen MR) is 130 cm³/mol. The molecule has 33 heavy (non-hydrogen) atoms. The highest BCUT2D eigenvalue weighted by molar-refractivity contribution is 7.85. The van der Waals surface area contributed by atoms with Gasteiger partial charge < -0.3 is 4.55 Å². The first-order valence-corrected chi connectivity index (χ1v) is 12.1. The molecule has 0 saturated carbocycles. The predicted octanol–water partition coefficient (Wildman–Crippen LogP) is 4.90. The third kappa shape index (κ3) is 4.21. The minimum atomic E-state index is -4.33. The van der Waals surface area contributed by atoms with Gasteiger partial charge in [-0.3, -0.25) is 0 Å². The van der Waals surface area contributed by atoms with Crippen LogP contribution in [0.1, 0.15) is 33.6 Å². The number of H-pyrrole nitrogens is 1. The number of aromatic nitrogens is 3.